The third-order valence-corrected chi connectivity index (χ3v) is 7.08. The number of nitrogens with zero attached hydrogens (tertiary/aromatic N) is 2. The van der Waals surface area contributed by atoms with Gasteiger partial charge < -0.3 is 33.4 Å². The molecular weight excluding hydrogens is 516 g/mol. The summed E-state index contributed by atoms with van der Waals surface area (Å²) in [5.74, 6) is 2.26. The van der Waals surface area contributed by atoms with Crippen LogP contribution in [0.5, 0.6) is 17.2 Å². The molecule has 0 spiro atoms. The third kappa shape index (κ3) is 6.32. The molecular formula is C30H34N2O8. The van der Waals surface area contributed by atoms with Crippen LogP contribution >= 0.6 is 0 Å². The van der Waals surface area contributed by atoms with E-state index in [1.54, 1.807) is 4.90 Å². The second-order valence-corrected chi connectivity index (χ2v) is 10.6. The smallest absolute Gasteiger partial charge is 0.409 e. The maximum Gasteiger partial charge on any atom is 0.409 e. The summed E-state index contributed by atoms with van der Waals surface area (Å²) in [6.45, 7) is 7.49. The second-order valence-electron chi connectivity index (χ2n) is 10.6. The van der Waals surface area contributed by atoms with Crippen LogP contribution in [0.4, 0.5) is 4.79 Å². The number of benzene rings is 2. The number of hydrogen-bond acceptors (Lipinski definition) is 8. The molecule has 0 unspecified atom stereocenters. The predicted octanol–water partition coefficient (Wildman–Crippen LogP) is 5.28. The molecule has 1 saturated heterocycles. The zero-order valence-electron chi connectivity index (χ0n) is 22.9. The van der Waals surface area contributed by atoms with E-state index in [2.05, 4.69) is 4.98 Å². The highest BCUT2D eigenvalue weighted by atomic mass is 16.7. The van der Waals surface area contributed by atoms with Crippen molar-refractivity contribution in [1.82, 2.24) is 9.88 Å². The van der Waals surface area contributed by atoms with Crippen LogP contribution in [-0.4, -0.2) is 60.1 Å². The molecule has 0 saturated carbocycles. The number of aliphatic carboxylic acids is 1. The Morgan fingerprint density at radius 2 is 1.95 bits per heavy atom. The fraction of sp³-hybridized carbons (Fsp3) is 0.433. The minimum atomic E-state index is -0.886. The number of oxazole rings is 1. The van der Waals surface area contributed by atoms with Gasteiger partial charge >= 0.3 is 12.1 Å². The number of carboxylic acid groups (broad SMARTS) is 1. The molecule has 10 heteroatoms. The minimum absolute atomic E-state index is 0.0269. The standard InChI is InChI=1S/C30H34N2O8/c1-18(2)16-37-30(35)32-14-22(13-28(33)34)24(15-32)20-5-4-6-23(11-20)36-10-9-25-19(3)40-29(31-25)21-7-8-26-27(12-21)39-17-38-26/h4-8,11-12,18,22,24H,9-10,13-17H2,1-3H3,(H,33,34)/t22-,24-/m0/s1. The first-order valence-corrected chi connectivity index (χ1v) is 13.5. The topological polar surface area (TPSA) is 121 Å². The van der Waals surface area contributed by atoms with Gasteiger partial charge in [-0.2, -0.15) is 0 Å². The van der Waals surface area contributed by atoms with Gasteiger partial charge in [0.1, 0.15) is 11.5 Å². The summed E-state index contributed by atoms with van der Waals surface area (Å²) in [5, 5.41) is 9.47. The molecule has 1 aromatic heterocycles. The average Bonchev–Trinajstić information content (AvgIpc) is 3.65. The van der Waals surface area contributed by atoms with Crippen molar-refractivity contribution in [3.63, 3.8) is 0 Å². The average molecular weight is 551 g/mol. The van der Waals surface area contributed by atoms with Crippen LogP contribution in [0, 0.1) is 18.8 Å². The van der Waals surface area contributed by atoms with Gasteiger partial charge in [0, 0.05) is 31.0 Å². The van der Waals surface area contributed by atoms with Crippen molar-refractivity contribution in [2.24, 2.45) is 11.8 Å². The second kappa shape index (κ2) is 11.9. The molecule has 1 fully saturated rings. The zero-order chi connectivity index (χ0) is 28.2. The molecule has 212 valence electrons. The number of carboxylic acids is 1. The lowest BCUT2D eigenvalue weighted by atomic mass is 9.87. The molecule has 5 rings (SSSR count). The molecule has 2 aliphatic heterocycles. The number of hydrogen-bond donors (Lipinski definition) is 1. The summed E-state index contributed by atoms with van der Waals surface area (Å²) < 4.78 is 28.2. The van der Waals surface area contributed by atoms with Gasteiger partial charge in [0.05, 0.1) is 25.3 Å². The molecule has 2 aliphatic rings. The van der Waals surface area contributed by atoms with E-state index in [1.807, 2.05) is 63.2 Å². The Morgan fingerprint density at radius 3 is 2.75 bits per heavy atom. The van der Waals surface area contributed by atoms with Crippen LogP contribution in [0.15, 0.2) is 46.9 Å². The number of carbonyl (C=O) groups excluding carboxylic acids is 1. The fourth-order valence-corrected chi connectivity index (χ4v) is 5.07. The van der Waals surface area contributed by atoms with E-state index in [0.29, 0.717) is 55.9 Å². The number of likely N-dealkylation sites (tertiary alicyclic amines) is 1. The van der Waals surface area contributed by atoms with Gasteiger partial charge in [-0.1, -0.05) is 26.0 Å². The summed E-state index contributed by atoms with van der Waals surface area (Å²) >= 11 is 0. The van der Waals surface area contributed by atoms with E-state index < -0.39 is 12.1 Å². The van der Waals surface area contributed by atoms with Crippen molar-refractivity contribution in [2.45, 2.75) is 39.5 Å². The van der Waals surface area contributed by atoms with Crippen molar-refractivity contribution in [1.29, 1.82) is 0 Å². The highest BCUT2D eigenvalue weighted by molar-refractivity contribution is 5.70. The molecule has 40 heavy (non-hydrogen) atoms. The summed E-state index contributed by atoms with van der Waals surface area (Å²) in [6, 6.07) is 13.2. The molecule has 3 heterocycles. The minimum Gasteiger partial charge on any atom is -0.493 e. The molecule has 2 atom stereocenters. The van der Waals surface area contributed by atoms with Crippen molar-refractivity contribution < 1.29 is 38.1 Å². The molecule has 0 aliphatic carbocycles. The van der Waals surface area contributed by atoms with Gasteiger partial charge in [-0.25, -0.2) is 9.78 Å². The van der Waals surface area contributed by atoms with Crippen LogP contribution in [0.25, 0.3) is 11.5 Å². The van der Waals surface area contributed by atoms with E-state index in [0.717, 1.165) is 22.6 Å². The Morgan fingerprint density at radius 1 is 1.12 bits per heavy atom. The number of aromatic nitrogens is 1. The Bertz CT molecular complexity index is 1370. The van der Waals surface area contributed by atoms with Gasteiger partial charge in [-0.3, -0.25) is 4.79 Å². The van der Waals surface area contributed by atoms with E-state index >= 15 is 0 Å². The first-order valence-electron chi connectivity index (χ1n) is 13.5. The molecule has 0 bridgehead atoms. The molecule has 1 amide bonds. The summed E-state index contributed by atoms with van der Waals surface area (Å²) in [7, 11) is 0. The number of carbonyl (C=O) groups is 2. The molecule has 2 aromatic carbocycles. The van der Waals surface area contributed by atoms with Crippen LogP contribution in [0.2, 0.25) is 0 Å². The lowest BCUT2D eigenvalue weighted by Gasteiger charge is -2.18. The first-order chi connectivity index (χ1) is 19.3. The third-order valence-electron chi connectivity index (χ3n) is 7.08. The van der Waals surface area contributed by atoms with Gasteiger partial charge in [-0.15, -0.1) is 0 Å². The summed E-state index contributed by atoms with van der Waals surface area (Å²) in [6.07, 6.45) is 0.119. The highest BCUT2D eigenvalue weighted by Gasteiger charge is 2.38. The molecule has 1 N–H and O–H groups in total. The van der Waals surface area contributed by atoms with Gasteiger partial charge in [-0.05, 0) is 54.7 Å². The number of fused-ring (bicyclic) bond motifs is 1. The number of amides is 1. The summed E-state index contributed by atoms with van der Waals surface area (Å²) in [5.41, 5.74) is 2.55. The quantitative estimate of drug-likeness (QED) is 0.359. The number of rotatable bonds is 10. The Hall–Kier alpha value is -4.21. The van der Waals surface area contributed by atoms with E-state index in [4.69, 9.17) is 23.4 Å². The van der Waals surface area contributed by atoms with Crippen LogP contribution in [-0.2, 0) is 16.0 Å². The fourth-order valence-electron chi connectivity index (χ4n) is 5.07. The first kappa shape index (κ1) is 27.4. The highest BCUT2D eigenvalue weighted by Crippen LogP contribution is 2.37. The number of ether oxygens (including phenoxy) is 4. The lowest BCUT2D eigenvalue weighted by molar-refractivity contribution is -0.138. The van der Waals surface area contributed by atoms with E-state index in [1.165, 1.54) is 0 Å². The van der Waals surface area contributed by atoms with Crippen LogP contribution in [0.3, 0.4) is 0 Å². The maximum absolute atomic E-state index is 12.6. The van der Waals surface area contributed by atoms with Crippen molar-refractivity contribution in [2.75, 3.05) is 33.1 Å². The molecule has 10 nitrogen and oxygen atoms in total. The van der Waals surface area contributed by atoms with Crippen molar-refractivity contribution >= 4 is 12.1 Å². The van der Waals surface area contributed by atoms with E-state index in [-0.39, 0.29) is 31.0 Å². The van der Waals surface area contributed by atoms with Crippen LogP contribution < -0.4 is 14.2 Å². The monoisotopic (exact) mass is 550 g/mol. The Kier molecular flexibility index (Phi) is 8.14. The SMILES string of the molecule is Cc1oc(-c2ccc3c(c2)OCO3)nc1CCOc1cccc([C@@H]2CN(C(=O)OCC(C)C)C[C@@H]2CC(=O)O)c1. The lowest BCUT2D eigenvalue weighted by Crippen LogP contribution is -2.30. The van der Waals surface area contributed by atoms with E-state index in [9.17, 15) is 14.7 Å². The van der Waals surface area contributed by atoms with Crippen LogP contribution in [0.1, 0.15) is 43.2 Å². The Balaban J connectivity index is 1.22. The number of aryl methyl sites for hydroxylation is 1. The van der Waals surface area contributed by atoms with Crippen molar-refractivity contribution in [3.8, 4) is 28.7 Å². The predicted molar refractivity (Wildman–Crippen MR) is 145 cm³/mol. The maximum atomic E-state index is 12.6. The van der Waals surface area contributed by atoms with Gasteiger partial charge in [0.2, 0.25) is 12.7 Å². The zero-order valence-corrected chi connectivity index (χ0v) is 22.9. The largest absolute Gasteiger partial charge is 0.493 e. The molecule has 3 aromatic rings. The van der Waals surface area contributed by atoms with Crippen molar-refractivity contribution in [3.05, 3.63) is 59.5 Å². The Labute approximate surface area is 232 Å². The normalized spacial score (nSPS) is 17.9. The summed E-state index contributed by atoms with van der Waals surface area (Å²) in [4.78, 5) is 30.4. The molecule has 0 radical (unpaired) electrons. The van der Waals surface area contributed by atoms with Gasteiger partial charge in [0.25, 0.3) is 0 Å². The van der Waals surface area contributed by atoms with Gasteiger partial charge in [0.15, 0.2) is 11.5 Å².